The summed E-state index contributed by atoms with van der Waals surface area (Å²) in [4.78, 5) is 46.6. The molecule has 0 spiro atoms. The molecule has 168 valence electrons. The molecule has 1 aromatic carbocycles. The molecule has 1 N–H and O–H groups in total. The van der Waals surface area contributed by atoms with Crippen LogP contribution in [0.25, 0.3) is 0 Å². The van der Waals surface area contributed by atoms with E-state index < -0.39 is 5.66 Å². The molecule has 3 amide bonds. The lowest BCUT2D eigenvalue weighted by atomic mass is 9.98. The van der Waals surface area contributed by atoms with E-state index in [9.17, 15) is 14.4 Å². The van der Waals surface area contributed by atoms with Crippen molar-refractivity contribution in [2.24, 2.45) is 0 Å². The number of amides is 3. The van der Waals surface area contributed by atoms with Gasteiger partial charge in [-0.3, -0.25) is 19.3 Å². The summed E-state index contributed by atoms with van der Waals surface area (Å²) in [7, 11) is 0. The number of carbonyl (C=O) groups excluding carboxylic acids is 3. The molecule has 3 aliphatic heterocycles. The van der Waals surface area contributed by atoms with Gasteiger partial charge < -0.3 is 14.8 Å². The number of hydrogen-bond donors (Lipinski definition) is 1. The lowest BCUT2D eigenvalue weighted by Gasteiger charge is -2.48. The van der Waals surface area contributed by atoms with Crippen LogP contribution < -0.4 is 10.2 Å². The number of nitrogens with one attached hydrogen (secondary N) is 1. The van der Waals surface area contributed by atoms with Crippen LogP contribution in [-0.4, -0.2) is 50.4 Å². The largest absolute Gasteiger partial charge is 0.352 e. The zero-order valence-electron chi connectivity index (χ0n) is 18.6. The van der Waals surface area contributed by atoms with Crippen LogP contribution in [0.15, 0.2) is 30.5 Å². The first-order valence-electron chi connectivity index (χ1n) is 11.4. The average Bonchev–Trinajstić information content (AvgIpc) is 3.28. The van der Waals surface area contributed by atoms with E-state index in [1.807, 2.05) is 38.2 Å². The van der Waals surface area contributed by atoms with Crippen molar-refractivity contribution in [2.45, 2.75) is 70.6 Å². The molecule has 2 atom stereocenters. The number of fused-ring (bicyclic) bond motifs is 4. The van der Waals surface area contributed by atoms with Crippen LogP contribution in [0.5, 0.6) is 0 Å². The molecule has 32 heavy (non-hydrogen) atoms. The zero-order chi connectivity index (χ0) is 22.5. The number of aryl methyl sites for hydroxylation is 2. The van der Waals surface area contributed by atoms with Crippen molar-refractivity contribution in [3.63, 3.8) is 0 Å². The van der Waals surface area contributed by atoms with Crippen molar-refractivity contribution in [3.05, 3.63) is 47.5 Å². The monoisotopic (exact) mass is 435 g/mol. The second kappa shape index (κ2) is 7.76. The molecule has 0 radical (unpaired) electrons. The third kappa shape index (κ3) is 3.38. The van der Waals surface area contributed by atoms with E-state index in [0.717, 1.165) is 30.9 Å². The molecular formula is C24H29N5O3. The summed E-state index contributed by atoms with van der Waals surface area (Å²) >= 11 is 0. The minimum atomic E-state index is -0.669. The number of carbonyl (C=O) groups is 3. The molecule has 1 saturated heterocycles. The van der Waals surface area contributed by atoms with Gasteiger partial charge in [-0.25, -0.2) is 4.98 Å². The maximum Gasteiger partial charge on any atom is 0.257 e. The number of benzene rings is 1. The average molecular weight is 436 g/mol. The first kappa shape index (κ1) is 20.7. The van der Waals surface area contributed by atoms with Gasteiger partial charge in [0.25, 0.3) is 5.91 Å². The van der Waals surface area contributed by atoms with Crippen LogP contribution in [0.1, 0.15) is 60.9 Å². The van der Waals surface area contributed by atoms with E-state index in [1.54, 1.807) is 15.9 Å². The predicted molar refractivity (Wildman–Crippen MR) is 119 cm³/mol. The number of para-hydroxylation sites is 1. The molecule has 0 aliphatic carbocycles. The van der Waals surface area contributed by atoms with Crippen LogP contribution in [0, 0.1) is 6.92 Å². The van der Waals surface area contributed by atoms with Crippen molar-refractivity contribution < 1.29 is 14.4 Å². The lowest BCUT2D eigenvalue weighted by molar-refractivity contribution is -0.122. The standard InChI is InChI=1S/C24H29N5O3/c1-16-14-27-15-17(9-10-20(27)25-16)26-21(30)8-5-13-28-23(32)18-6-3-4-7-19(18)29-22(31)11-12-24(28,29)2/h3-4,6-7,14,17H,5,8-13,15H2,1-2H3,(H,26,30). The highest BCUT2D eigenvalue weighted by molar-refractivity contribution is 6.10. The lowest BCUT2D eigenvalue weighted by Crippen LogP contribution is -2.62. The fraction of sp³-hybridized carbons (Fsp3) is 0.500. The molecule has 8 nitrogen and oxygen atoms in total. The fourth-order valence-corrected chi connectivity index (χ4v) is 5.44. The van der Waals surface area contributed by atoms with Gasteiger partial charge in [-0.2, -0.15) is 0 Å². The van der Waals surface area contributed by atoms with Gasteiger partial charge in [-0.15, -0.1) is 0 Å². The highest BCUT2D eigenvalue weighted by Crippen LogP contribution is 2.44. The molecule has 2 unspecified atom stereocenters. The fourth-order valence-electron chi connectivity index (χ4n) is 5.44. The Labute approximate surface area is 187 Å². The Hall–Kier alpha value is -3.16. The van der Waals surface area contributed by atoms with E-state index >= 15 is 0 Å². The molecule has 0 saturated carbocycles. The van der Waals surface area contributed by atoms with Gasteiger partial charge in [-0.05, 0) is 45.2 Å². The molecule has 3 aliphatic rings. The van der Waals surface area contributed by atoms with Gasteiger partial charge in [-0.1, -0.05) is 12.1 Å². The zero-order valence-corrected chi connectivity index (χ0v) is 18.6. The van der Waals surface area contributed by atoms with E-state index in [1.165, 1.54) is 0 Å². The predicted octanol–water partition coefficient (Wildman–Crippen LogP) is 2.40. The molecule has 1 aromatic heterocycles. The number of imidazole rings is 1. The summed E-state index contributed by atoms with van der Waals surface area (Å²) in [5.41, 5.74) is 1.59. The first-order chi connectivity index (χ1) is 15.4. The topological polar surface area (TPSA) is 87.5 Å². The van der Waals surface area contributed by atoms with Gasteiger partial charge in [0.1, 0.15) is 11.5 Å². The minimum Gasteiger partial charge on any atom is -0.352 e. The molecule has 1 fully saturated rings. The summed E-state index contributed by atoms with van der Waals surface area (Å²) in [6.07, 6.45) is 5.71. The van der Waals surface area contributed by atoms with E-state index in [4.69, 9.17) is 0 Å². The molecule has 8 heteroatoms. The van der Waals surface area contributed by atoms with Crippen molar-refractivity contribution in [2.75, 3.05) is 11.4 Å². The number of hydrogen-bond acceptors (Lipinski definition) is 4. The van der Waals surface area contributed by atoms with Crippen LogP contribution in [-0.2, 0) is 22.6 Å². The van der Waals surface area contributed by atoms with Crippen molar-refractivity contribution in [1.82, 2.24) is 19.8 Å². The Bertz CT molecular complexity index is 1090. The first-order valence-corrected chi connectivity index (χ1v) is 11.4. The van der Waals surface area contributed by atoms with Gasteiger partial charge >= 0.3 is 0 Å². The van der Waals surface area contributed by atoms with Gasteiger partial charge in [0, 0.05) is 44.6 Å². The van der Waals surface area contributed by atoms with Crippen LogP contribution in [0.4, 0.5) is 5.69 Å². The van der Waals surface area contributed by atoms with Crippen molar-refractivity contribution >= 4 is 23.4 Å². The molecule has 2 aromatic rings. The minimum absolute atomic E-state index is 0.00431. The Balaban J connectivity index is 1.22. The van der Waals surface area contributed by atoms with Gasteiger partial charge in [0.15, 0.2) is 0 Å². The Morgan fingerprint density at radius 3 is 2.91 bits per heavy atom. The number of anilines is 1. The summed E-state index contributed by atoms with van der Waals surface area (Å²) in [5.74, 6) is 1.07. The van der Waals surface area contributed by atoms with Crippen LogP contribution >= 0.6 is 0 Å². The second-order valence-corrected chi connectivity index (χ2v) is 9.28. The van der Waals surface area contributed by atoms with E-state index in [-0.39, 0.29) is 23.8 Å². The van der Waals surface area contributed by atoms with E-state index in [0.29, 0.717) is 43.5 Å². The summed E-state index contributed by atoms with van der Waals surface area (Å²) < 4.78 is 2.13. The smallest absolute Gasteiger partial charge is 0.257 e. The van der Waals surface area contributed by atoms with Crippen molar-refractivity contribution in [3.8, 4) is 0 Å². The molecule has 0 bridgehead atoms. The summed E-state index contributed by atoms with van der Waals surface area (Å²) in [6.45, 7) is 5.13. The highest BCUT2D eigenvalue weighted by atomic mass is 16.2. The van der Waals surface area contributed by atoms with Gasteiger partial charge in [0.2, 0.25) is 11.8 Å². The van der Waals surface area contributed by atoms with Crippen LogP contribution in [0.2, 0.25) is 0 Å². The number of nitrogens with zero attached hydrogens (tertiary/aromatic N) is 4. The Morgan fingerprint density at radius 1 is 1.25 bits per heavy atom. The second-order valence-electron chi connectivity index (χ2n) is 9.28. The maximum atomic E-state index is 13.3. The molecule has 5 rings (SSSR count). The highest BCUT2D eigenvalue weighted by Gasteiger charge is 2.52. The molecular weight excluding hydrogens is 406 g/mol. The summed E-state index contributed by atoms with van der Waals surface area (Å²) in [5, 5.41) is 3.14. The third-order valence-corrected chi connectivity index (χ3v) is 7.01. The molecule has 4 heterocycles. The van der Waals surface area contributed by atoms with E-state index in [2.05, 4.69) is 14.9 Å². The maximum absolute atomic E-state index is 13.3. The normalized spacial score (nSPS) is 24.2. The Morgan fingerprint density at radius 2 is 2.06 bits per heavy atom. The number of rotatable bonds is 5. The van der Waals surface area contributed by atoms with Gasteiger partial charge in [0.05, 0.1) is 16.9 Å². The number of aromatic nitrogens is 2. The SMILES string of the molecule is Cc1cn2c(n1)CCC(NC(=O)CCCN1C(=O)c3ccccc3N3C(=O)CCC13C)C2. The van der Waals surface area contributed by atoms with Crippen LogP contribution in [0.3, 0.4) is 0 Å². The third-order valence-electron chi connectivity index (χ3n) is 7.01. The quantitative estimate of drug-likeness (QED) is 0.781. The van der Waals surface area contributed by atoms with Crippen molar-refractivity contribution in [1.29, 1.82) is 0 Å². The Kier molecular flexibility index (Phi) is 5.03. The summed E-state index contributed by atoms with van der Waals surface area (Å²) in [6, 6.07) is 7.40.